The molecule has 0 N–H and O–H groups in total. The molecule has 0 heterocycles. The fourth-order valence-corrected chi connectivity index (χ4v) is 2.53. The largest absolute Gasteiger partial charge is 0.100 e. The number of rotatable bonds is 8. The van der Waals surface area contributed by atoms with Crippen LogP contribution in [0.2, 0.25) is 0 Å². The van der Waals surface area contributed by atoms with Crippen molar-refractivity contribution in [3.63, 3.8) is 0 Å². The van der Waals surface area contributed by atoms with Gasteiger partial charge in [0.15, 0.2) is 0 Å². The molecular weight excluding hydrogens is 300 g/mol. The van der Waals surface area contributed by atoms with Crippen molar-refractivity contribution in [3.8, 4) is 0 Å². The SMILES string of the molecule is C1CCC1.C1CCC1.C=C(C)CC(C)CC(C)CC.CCCCCC. The van der Waals surface area contributed by atoms with Gasteiger partial charge in [0.2, 0.25) is 0 Å². The predicted octanol–water partition coefficient (Wildman–Crippen LogP) is 9.73. The Bertz CT molecular complexity index is 225. The van der Waals surface area contributed by atoms with Crippen molar-refractivity contribution in [2.24, 2.45) is 11.8 Å². The highest BCUT2D eigenvalue weighted by Crippen LogP contribution is 2.20. The summed E-state index contributed by atoms with van der Waals surface area (Å²) in [6.45, 7) is 17.4. The van der Waals surface area contributed by atoms with E-state index in [1.807, 2.05) is 0 Å². The molecule has 2 rings (SSSR count). The maximum absolute atomic E-state index is 3.93. The summed E-state index contributed by atoms with van der Waals surface area (Å²) < 4.78 is 0. The van der Waals surface area contributed by atoms with Crippen molar-refractivity contribution >= 4 is 0 Å². The van der Waals surface area contributed by atoms with Crippen LogP contribution in [0, 0.1) is 11.8 Å². The summed E-state index contributed by atoms with van der Waals surface area (Å²) in [4.78, 5) is 0. The van der Waals surface area contributed by atoms with Crippen LogP contribution in [0.15, 0.2) is 12.2 Å². The highest BCUT2D eigenvalue weighted by Gasteiger charge is 2.06. The third kappa shape index (κ3) is 26.1. The monoisotopic (exact) mass is 352 g/mol. The Morgan fingerprint density at radius 2 is 1.08 bits per heavy atom. The van der Waals surface area contributed by atoms with Crippen LogP contribution >= 0.6 is 0 Å². The minimum atomic E-state index is 0.822. The van der Waals surface area contributed by atoms with Crippen molar-refractivity contribution in [1.29, 1.82) is 0 Å². The zero-order chi connectivity index (χ0) is 19.3. The van der Waals surface area contributed by atoms with Crippen LogP contribution < -0.4 is 0 Å². The molecule has 0 aliphatic heterocycles. The van der Waals surface area contributed by atoms with Gasteiger partial charge in [-0.2, -0.15) is 0 Å². The second kappa shape index (κ2) is 21.8. The lowest BCUT2D eigenvalue weighted by Crippen LogP contribution is -2.02. The van der Waals surface area contributed by atoms with Crippen molar-refractivity contribution in [1.82, 2.24) is 0 Å². The summed E-state index contributed by atoms with van der Waals surface area (Å²) in [5.74, 6) is 1.70. The van der Waals surface area contributed by atoms with E-state index in [0.717, 1.165) is 11.8 Å². The maximum Gasteiger partial charge on any atom is -0.0300 e. The molecule has 0 aromatic heterocycles. The first kappa shape index (κ1) is 27.0. The smallest absolute Gasteiger partial charge is 0.0300 e. The molecule has 2 aliphatic carbocycles. The first-order valence-corrected chi connectivity index (χ1v) is 11.6. The van der Waals surface area contributed by atoms with Crippen LogP contribution in [-0.2, 0) is 0 Å². The van der Waals surface area contributed by atoms with Gasteiger partial charge in [0, 0.05) is 0 Å². The first-order chi connectivity index (χ1) is 12.0. The molecule has 0 heteroatoms. The fraction of sp³-hybridized carbons (Fsp3) is 0.920. The summed E-state index contributed by atoms with van der Waals surface area (Å²) in [7, 11) is 0. The highest BCUT2D eigenvalue weighted by atomic mass is 14.1. The lowest BCUT2D eigenvalue weighted by atomic mass is 9.91. The molecule has 0 aromatic carbocycles. The quantitative estimate of drug-likeness (QED) is 0.301. The highest BCUT2D eigenvalue weighted by molar-refractivity contribution is 4.89. The molecule has 2 fully saturated rings. The Morgan fingerprint density at radius 3 is 1.28 bits per heavy atom. The second-order valence-corrected chi connectivity index (χ2v) is 8.55. The van der Waals surface area contributed by atoms with E-state index in [2.05, 4.69) is 48.1 Å². The van der Waals surface area contributed by atoms with Gasteiger partial charge in [-0.15, -0.1) is 6.58 Å². The Labute approximate surface area is 162 Å². The third-order valence-corrected chi connectivity index (χ3v) is 5.16. The minimum absolute atomic E-state index is 0.822. The van der Waals surface area contributed by atoms with E-state index in [4.69, 9.17) is 0 Å². The summed E-state index contributed by atoms with van der Waals surface area (Å²) in [6.07, 6.45) is 21.4. The average Bonchev–Trinajstić information content (AvgIpc) is 2.41. The van der Waals surface area contributed by atoms with Gasteiger partial charge in [-0.1, -0.05) is 124 Å². The first-order valence-electron chi connectivity index (χ1n) is 11.6. The molecule has 2 unspecified atom stereocenters. The Kier molecular flexibility index (Phi) is 23.5. The molecule has 2 atom stereocenters. The van der Waals surface area contributed by atoms with Gasteiger partial charge in [0.1, 0.15) is 0 Å². The van der Waals surface area contributed by atoms with Crippen molar-refractivity contribution < 1.29 is 0 Å². The molecular formula is C25H52. The molecule has 2 saturated carbocycles. The summed E-state index contributed by atoms with van der Waals surface area (Å²) in [5, 5.41) is 0. The summed E-state index contributed by atoms with van der Waals surface area (Å²) >= 11 is 0. The number of hydrogen-bond acceptors (Lipinski definition) is 0. The molecule has 0 bridgehead atoms. The van der Waals surface area contributed by atoms with Crippen LogP contribution in [0.25, 0.3) is 0 Å². The minimum Gasteiger partial charge on any atom is -0.100 e. The van der Waals surface area contributed by atoms with E-state index in [1.54, 1.807) is 0 Å². The van der Waals surface area contributed by atoms with Crippen molar-refractivity contribution in [2.45, 2.75) is 138 Å². The van der Waals surface area contributed by atoms with Crippen LogP contribution in [0.1, 0.15) is 138 Å². The van der Waals surface area contributed by atoms with Gasteiger partial charge in [-0.05, 0) is 31.6 Å². The normalized spacial score (nSPS) is 16.9. The Morgan fingerprint density at radius 1 is 0.720 bits per heavy atom. The van der Waals surface area contributed by atoms with Crippen LogP contribution in [0.4, 0.5) is 0 Å². The molecule has 0 saturated heterocycles. The van der Waals surface area contributed by atoms with E-state index < -0.39 is 0 Å². The molecule has 0 aromatic rings. The van der Waals surface area contributed by atoms with Crippen molar-refractivity contribution in [2.75, 3.05) is 0 Å². The van der Waals surface area contributed by atoms with Gasteiger partial charge < -0.3 is 0 Å². The van der Waals surface area contributed by atoms with E-state index in [-0.39, 0.29) is 0 Å². The van der Waals surface area contributed by atoms with Gasteiger partial charge in [-0.3, -0.25) is 0 Å². The number of unbranched alkanes of at least 4 members (excludes halogenated alkanes) is 3. The fourth-order valence-electron chi connectivity index (χ4n) is 2.53. The average molecular weight is 353 g/mol. The zero-order valence-electron chi connectivity index (χ0n) is 19.0. The maximum atomic E-state index is 3.93. The molecule has 0 radical (unpaired) electrons. The summed E-state index contributed by atoms with van der Waals surface area (Å²) in [5.41, 5.74) is 1.32. The van der Waals surface area contributed by atoms with Gasteiger partial charge in [0.05, 0.1) is 0 Å². The molecule has 0 spiro atoms. The van der Waals surface area contributed by atoms with Crippen LogP contribution in [-0.4, -0.2) is 0 Å². The summed E-state index contributed by atoms with van der Waals surface area (Å²) in [6, 6.07) is 0. The molecule has 152 valence electrons. The molecule has 0 amide bonds. The van der Waals surface area contributed by atoms with E-state index in [1.165, 1.54) is 102 Å². The van der Waals surface area contributed by atoms with Gasteiger partial charge >= 0.3 is 0 Å². The Hall–Kier alpha value is -0.260. The lowest BCUT2D eigenvalue weighted by molar-refractivity contribution is 0.403. The third-order valence-electron chi connectivity index (χ3n) is 5.16. The zero-order valence-corrected chi connectivity index (χ0v) is 19.0. The number of hydrogen-bond donors (Lipinski definition) is 0. The molecule has 25 heavy (non-hydrogen) atoms. The second-order valence-electron chi connectivity index (χ2n) is 8.55. The van der Waals surface area contributed by atoms with E-state index in [9.17, 15) is 0 Å². The van der Waals surface area contributed by atoms with Crippen LogP contribution in [0.5, 0.6) is 0 Å². The van der Waals surface area contributed by atoms with Crippen molar-refractivity contribution in [3.05, 3.63) is 12.2 Å². The molecule has 0 nitrogen and oxygen atoms in total. The van der Waals surface area contributed by atoms with Gasteiger partial charge in [-0.25, -0.2) is 0 Å². The van der Waals surface area contributed by atoms with E-state index in [0.29, 0.717) is 0 Å². The van der Waals surface area contributed by atoms with Crippen LogP contribution in [0.3, 0.4) is 0 Å². The number of allylic oxidation sites excluding steroid dienone is 1. The van der Waals surface area contributed by atoms with E-state index >= 15 is 0 Å². The Balaban J connectivity index is 0. The standard InChI is InChI=1S/C11H22.C6H14.2C4H8/c1-6-10(4)8-11(5)7-9(2)3;1-3-5-6-4-2;2*1-2-4-3-1/h10-11H,2,6-8H2,1,3-5H3;3-6H2,1-2H3;2*1-4H2. The lowest BCUT2D eigenvalue weighted by Gasteiger charge is -2.15. The topological polar surface area (TPSA) is 0 Å². The predicted molar refractivity (Wildman–Crippen MR) is 119 cm³/mol. The van der Waals surface area contributed by atoms with Gasteiger partial charge in [0.25, 0.3) is 0 Å². The molecule has 2 aliphatic rings.